The van der Waals surface area contributed by atoms with Gasteiger partial charge in [-0.15, -0.1) is 11.8 Å². The fourth-order valence-corrected chi connectivity index (χ4v) is 7.29. The molecule has 0 radical (unpaired) electrons. The zero-order valence-corrected chi connectivity index (χ0v) is 23.1. The first-order valence-corrected chi connectivity index (χ1v) is 14.6. The number of carbonyl (C=O) groups excluding carboxylic acids is 1. The molecule has 2 heterocycles. The lowest BCUT2D eigenvalue weighted by atomic mass is 9.85. The lowest BCUT2D eigenvalue weighted by molar-refractivity contribution is -0.0217. The molecule has 3 aromatic rings. The Morgan fingerprint density at radius 1 is 0.838 bits per heavy atom. The average Bonchev–Trinajstić information content (AvgIpc) is 2.95. The van der Waals surface area contributed by atoms with E-state index in [1.807, 2.05) is 89.5 Å². The van der Waals surface area contributed by atoms with Gasteiger partial charge in [-0.25, -0.2) is 0 Å². The Hall–Kier alpha value is -2.02. The Morgan fingerprint density at radius 2 is 1.51 bits per heavy atom. The van der Waals surface area contributed by atoms with Crippen LogP contribution >= 0.6 is 35.0 Å². The SMILES string of the molecule is O=C(c1ccccc1)N1CCCC(SCN2CCC(O)(c3ccccc3)CC2)(c2ccc(Cl)c(Cl)c2)C1. The van der Waals surface area contributed by atoms with Crippen molar-refractivity contribution in [3.8, 4) is 0 Å². The third-order valence-electron chi connectivity index (χ3n) is 7.73. The Kier molecular flexibility index (Phi) is 8.18. The molecule has 1 N–H and O–H groups in total. The zero-order valence-electron chi connectivity index (χ0n) is 20.8. The van der Waals surface area contributed by atoms with Crippen molar-refractivity contribution in [3.63, 3.8) is 0 Å². The van der Waals surface area contributed by atoms with Crippen LogP contribution in [0.1, 0.15) is 47.2 Å². The summed E-state index contributed by atoms with van der Waals surface area (Å²) in [4.78, 5) is 17.8. The first kappa shape index (κ1) is 26.6. The molecule has 0 saturated carbocycles. The molecule has 0 spiro atoms. The molecular formula is C30H32Cl2N2O2S. The maximum atomic E-state index is 13.4. The highest BCUT2D eigenvalue weighted by molar-refractivity contribution is 8.00. The number of likely N-dealkylation sites (tertiary alicyclic amines) is 2. The van der Waals surface area contributed by atoms with Gasteiger partial charge in [0.1, 0.15) is 0 Å². The van der Waals surface area contributed by atoms with Gasteiger partial charge in [-0.3, -0.25) is 9.69 Å². The lowest BCUT2D eigenvalue weighted by Crippen LogP contribution is -2.48. The van der Waals surface area contributed by atoms with Crippen LogP contribution in [0.25, 0.3) is 0 Å². The van der Waals surface area contributed by atoms with E-state index in [0.29, 0.717) is 35.0 Å². The Bertz CT molecular complexity index is 1220. The quantitative estimate of drug-likeness (QED) is 0.364. The zero-order chi connectivity index (χ0) is 25.9. The van der Waals surface area contributed by atoms with E-state index in [1.165, 1.54) is 0 Å². The standard InChI is InChI=1S/C30H32Cl2N2O2S/c31-26-13-12-25(20-27(26)32)30(14-7-17-34(21-30)28(35)23-8-3-1-4-9-23)37-22-33-18-15-29(36,16-19-33)24-10-5-2-6-11-24/h1-6,8-13,20,36H,7,14-19,21-22H2. The van der Waals surface area contributed by atoms with Crippen LogP contribution in [0.2, 0.25) is 10.0 Å². The van der Waals surface area contributed by atoms with Crippen molar-refractivity contribution in [2.45, 2.75) is 36.0 Å². The van der Waals surface area contributed by atoms with E-state index in [9.17, 15) is 9.90 Å². The van der Waals surface area contributed by atoms with Gasteiger partial charge in [0.25, 0.3) is 5.91 Å². The number of halogens is 2. The highest BCUT2D eigenvalue weighted by Gasteiger charge is 2.41. The van der Waals surface area contributed by atoms with Crippen LogP contribution in [0.15, 0.2) is 78.9 Å². The second kappa shape index (κ2) is 11.4. The molecule has 7 heteroatoms. The van der Waals surface area contributed by atoms with Gasteiger partial charge >= 0.3 is 0 Å². The maximum absolute atomic E-state index is 13.4. The van der Waals surface area contributed by atoms with Gasteiger partial charge in [0.15, 0.2) is 0 Å². The fraction of sp³-hybridized carbons (Fsp3) is 0.367. The van der Waals surface area contributed by atoms with Crippen molar-refractivity contribution in [2.24, 2.45) is 0 Å². The largest absolute Gasteiger partial charge is 0.385 e. The van der Waals surface area contributed by atoms with Gasteiger partial charge in [-0.1, -0.05) is 77.8 Å². The number of aliphatic hydroxyl groups is 1. The van der Waals surface area contributed by atoms with Crippen LogP contribution < -0.4 is 0 Å². The van der Waals surface area contributed by atoms with Gasteiger partial charge < -0.3 is 10.0 Å². The molecular weight excluding hydrogens is 523 g/mol. The number of hydrogen-bond acceptors (Lipinski definition) is 4. The molecule has 4 nitrogen and oxygen atoms in total. The molecule has 0 aliphatic carbocycles. The average molecular weight is 556 g/mol. The van der Waals surface area contributed by atoms with Crippen LogP contribution in [-0.2, 0) is 10.3 Å². The molecule has 5 rings (SSSR count). The smallest absolute Gasteiger partial charge is 0.253 e. The number of carbonyl (C=O) groups is 1. The topological polar surface area (TPSA) is 43.8 Å². The first-order valence-electron chi connectivity index (χ1n) is 12.8. The van der Waals surface area contributed by atoms with Crippen LogP contribution in [0, 0.1) is 0 Å². The summed E-state index contributed by atoms with van der Waals surface area (Å²) in [5.41, 5.74) is 2.05. The molecule has 1 atom stereocenters. The number of nitrogens with zero attached hydrogens (tertiary/aromatic N) is 2. The molecule has 3 aromatic carbocycles. The predicted octanol–water partition coefficient (Wildman–Crippen LogP) is 6.80. The van der Waals surface area contributed by atoms with Crippen molar-refractivity contribution in [3.05, 3.63) is 106 Å². The fourth-order valence-electron chi connectivity index (χ4n) is 5.48. The van der Waals surface area contributed by atoms with Crippen LogP contribution in [-0.4, -0.2) is 52.9 Å². The van der Waals surface area contributed by atoms with Crippen LogP contribution in [0.5, 0.6) is 0 Å². The van der Waals surface area contributed by atoms with Crippen molar-refractivity contribution in [1.82, 2.24) is 9.80 Å². The van der Waals surface area contributed by atoms with Gasteiger partial charge in [0.05, 0.1) is 20.4 Å². The minimum Gasteiger partial charge on any atom is -0.385 e. The van der Waals surface area contributed by atoms with Crippen LogP contribution in [0.4, 0.5) is 0 Å². The van der Waals surface area contributed by atoms with E-state index in [0.717, 1.165) is 49.5 Å². The molecule has 2 fully saturated rings. The maximum Gasteiger partial charge on any atom is 0.253 e. The first-order chi connectivity index (χ1) is 17.9. The summed E-state index contributed by atoms with van der Waals surface area (Å²) in [7, 11) is 0. The van der Waals surface area contributed by atoms with E-state index < -0.39 is 5.60 Å². The van der Waals surface area contributed by atoms with Gasteiger partial charge in [0.2, 0.25) is 0 Å². The molecule has 2 saturated heterocycles. The molecule has 0 aromatic heterocycles. The van der Waals surface area contributed by atoms with Crippen molar-refractivity contribution >= 4 is 40.9 Å². The molecule has 37 heavy (non-hydrogen) atoms. The third kappa shape index (κ3) is 5.86. The minimum atomic E-state index is -0.770. The second-order valence-electron chi connectivity index (χ2n) is 10.1. The predicted molar refractivity (Wildman–Crippen MR) is 153 cm³/mol. The molecule has 0 bridgehead atoms. The van der Waals surface area contributed by atoms with Gasteiger partial charge in [-0.2, -0.15) is 0 Å². The molecule has 1 unspecified atom stereocenters. The summed E-state index contributed by atoms with van der Waals surface area (Å²) in [5.74, 6) is 0.884. The highest BCUT2D eigenvalue weighted by atomic mass is 35.5. The van der Waals surface area contributed by atoms with Crippen molar-refractivity contribution in [1.29, 1.82) is 0 Å². The lowest BCUT2D eigenvalue weighted by Gasteiger charge is -2.45. The van der Waals surface area contributed by atoms with E-state index in [-0.39, 0.29) is 10.7 Å². The number of benzene rings is 3. The molecule has 1 amide bonds. The van der Waals surface area contributed by atoms with E-state index >= 15 is 0 Å². The summed E-state index contributed by atoms with van der Waals surface area (Å²) in [6, 6.07) is 25.4. The Labute approximate surface area is 233 Å². The summed E-state index contributed by atoms with van der Waals surface area (Å²) in [6.07, 6.45) is 3.28. The Morgan fingerprint density at radius 3 is 2.19 bits per heavy atom. The number of hydrogen-bond donors (Lipinski definition) is 1. The molecule has 194 valence electrons. The number of thioether (sulfide) groups is 1. The highest BCUT2D eigenvalue weighted by Crippen LogP contribution is 2.46. The Balaban J connectivity index is 1.33. The molecule has 2 aliphatic heterocycles. The van der Waals surface area contributed by atoms with Gasteiger partial charge in [-0.05, 0) is 61.1 Å². The monoisotopic (exact) mass is 554 g/mol. The number of amides is 1. The van der Waals surface area contributed by atoms with E-state index in [4.69, 9.17) is 23.2 Å². The van der Waals surface area contributed by atoms with Crippen molar-refractivity contribution < 1.29 is 9.90 Å². The second-order valence-corrected chi connectivity index (χ2v) is 12.3. The van der Waals surface area contributed by atoms with Gasteiger partial charge in [0, 0.05) is 37.6 Å². The molecule has 2 aliphatic rings. The van der Waals surface area contributed by atoms with Crippen LogP contribution in [0.3, 0.4) is 0 Å². The minimum absolute atomic E-state index is 0.0660. The van der Waals surface area contributed by atoms with E-state index in [1.54, 1.807) is 0 Å². The van der Waals surface area contributed by atoms with Crippen molar-refractivity contribution in [2.75, 3.05) is 32.1 Å². The summed E-state index contributed by atoms with van der Waals surface area (Å²) < 4.78 is -0.288. The third-order valence-corrected chi connectivity index (χ3v) is 10.1. The number of rotatable bonds is 6. The number of piperidine rings is 2. The van der Waals surface area contributed by atoms with E-state index in [2.05, 4.69) is 11.0 Å². The normalized spacial score (nSPS) is 22.1. The summed E-state index contributed by atoms with van der Waals surface area (Å²) >= 11 is 14.6. The summed E-state index contributed by atoms with van der Waals surface area (Å²) in [5, 5.41) is 12.3. The summed E-state index contributed by atoms with van der Waals surface area (Å²) in [6.45, 7) is 3.00.